The van der Waals surface area contributed by atoms with Gasteiger partial charge >= 0.3 is 0 Å². The monoisotopic (exact) mass is 250 g/mol. The number of carbonyl (C=O) groups is 1. The van der Waals surface area contributed by atoms with Crippen molar-refractivity contribution in [1.82, 2.24) is 0 Å². The first-order valence-corrected chi connectivity index (χ1v) is 7.86. The molecular weight excluding hydrogens is 224 g/mol. The van der Waals surface area contributed by atoms with Gasteiger partial charge in [0, 0.05) is 18.4 Å². The molecule has 3 rings (SSSR count). The molecule has 0 N–H and O–H groups in total. The molecule has 1 aliphatic heterocycles. The molecule has 2 aliphatic carbocycles. The molecule has 1 saturated heterocycles. The standard InChI is InChI=1S/C16H26O2/c1-12-4-5-13(10-12)15(17)14-6-9-18-16(11-14)7-2-3-8-16/h12-14H,2-11H2,1H3. The summed E-state index contributed by atoms with van der Waals surface area (Å²) >= 11 is 0. The first-order valence-electron chi connectivity index (χ1n) is 7.86. The molecule has 0 aromatic carbocycles. The number of carbonyl (C=O) groups excluding carboxylic acids is 1. The molecule has 0 radical (unpaired) electrons. The van der Waals surface area contributed by atoms with Crippen LogP contribution in [0, 0.1) is 17.8 Å². The molecule has 1 spiro atoms. The van der Waals surface area contributed by atoms with Crippen molar-refractivity contribution < 1.29 is 9.53 Å². The average molecular weight is 250 g/mol. The summed E-state index contributed by atoms with van der Waals surface area (Å²) in [7, 11) is 0. The molecule has 0 aromatic rings. The zero-order valence-corrected chi connectivity index (χ0v) is 11.6. The highest BCUT2D eigenvalue weighted by Crippen LogP contribution is 2.44. The van der Waals surface area contributed by atoms with Crippen LogP contribution in [0.3, 0.4) is 0 Å². The molecule has 102 valence electrons. The molecule has 0 aromatic heterocycles. The molecule has 18 heavy (non-hydrogen) atoms. The maximum atomic E-state index is 12.6. The van der Waals surface area contributed by atoms with Crippen molar-refractivity contribution in [2.24, 2.45) is 17.8 Å². The fourth-order valence-electron chi connectivity index (χ4n) is 4.44. The molecular formula is C16H26O2. The Balaban J connectivity index is 1.63. The second kappa shape index (κ2) is 4.96. The van der Waals surface area contributed by atoms with Gasteiger partial charge in [0.2, 0.25) is 0 Å². The van der Waals surface area contributed by atoms with Crippen LogP contribution in [0.4, 0.5) is 0 Å². The third-order valence-corrected chi connectivity index (χ3v) is 5.51. The van der Waals surface area contributed by atoms with E-state index in [0.29, 0.717) is 17.6 Å². The first-order chi connectivity index (χ1) is 8.69. The number of ether oxygens (including phenoxy) is 1. The Kier molecular flexibility index (Phi) is 3.48. The summed E-state index contributed by atoms with van der Waals surface area (Å²) in [6, 6.07) is 0. The van der Waals surface area contributed by atoms with Gasteiger partial charge in [0.05, 0.1) is 5.60 Å². The minimum Gasteiger partial charge on any atom is -0.375 e. The molecule has 3 fully saturated rings. The SMILES string of the molecule is CC1CCC(C(=O)C2CCOC3(CCCC3)C2)C1. The van der Waals surface area contributed by atoms with Crippen LogP contribution in [-0.4, -0.2) is 18.0 Å². The van der Waals surface area contributed by atoms with Crippen molar-refractivity contribution in [1.29, 1.82) is 0 Å². The van der Waals surface area contributed by atoms with Gasteiger partial charge in [-0.2, -0.15) is 0 Å². The number of hydrogen-bond acceptors (Lipinski definition) is 2. The summed E-state index contributed by atoms with van der Waals surface area (Å²) in [6.45, 7) is 3.11. The molecule has 2 heteroatoms. The van der Waals surface area contributed by atoms with Crippen LogP contribution in [0.2, 0.25) is 0 Å². The van der Waals surface area contributed by atoms with Crippen LogP contribution >= 0.6 is 0 Å². The van der Waals surface area contributed by atoms with Crippen LogP contribution in [0.15, 0.2) is 0 Å². The largest absolute Gasteiger partial charge is 0.375 e. The van der Waals surface area contributed by atoms with E-state index in [0.717, 1.165) is 38.2 Å². The smallest absolute Gasteiger partial charge is 0.139 e. The lowest BCUT2D eigenvalue weighted by Gasteiger charge is -2.38. The Labute approximate surface area is 110 Å². The second-order valence-corrected chi connectivity index (χ2v) is 6.95. The molecule has 1 heterocycles. The number of hydrogen-bond donors (Lipinski definition) is 0. The van der Waals surface area contributed by atoms with E-state index in [9.17, 15) is 4.79 Å². The van der Waals surface area contributed by atoms with E-state index in [1.165, 1.54) is 32.1 Å². The molecule has 0 bridgehead atoms. The van der Waals surface area contributed by atoms with E-state index in [1.807, 2.05) is 0 Å². The lowest BCUT2D eigenvalue weighted by Crippen LogP contribution is -2.41. The van der Waals surface area contributed by atoms with Gasteiger partial charge in [0.25, 0.3) is 0 Å². The topological polar surface area (TPSA) is 26.3 Å². The molecule has 2 saturated carbocycles. The Hall–Kier alpha value is -0.370. The van der Waals surface area contributed by atoms with Crippen molar-refractivity contribution in [3.05, 3.63) is 0 Å². The molecule has 0 amide bonds. The van der Waals surface area contributed by atoms with Crippen molar-refractivity contribution in [2.45, 2.75) is 70.3 Å². The van der Waals surface area contributed by atoms with Gasteiger partial charge in [-0.1, -0.05) is 19.8 Å². The number of rotatable bonds is 2. The van der Waals surface area contributed by atoms with Gasteiger partial charge in [-0.3, -0.25) is 4.79 Å². The van der Waals surface area contributed by atoms with Crippen LogP contribution in [0.25, 0.3) is 0 Å². The van der Waals surface area contributed by atoms with Crippen LogP contribution in [-0.2, 0) is 9.53 Å². The summed E-state index contributed by atoms with van der Waals surface area (Å²) in [6.07, 6.45) is 10.5. The van der Waals surface area contributed by atoms with Crippen molar-refractivity contribution in [3.63, 3.8) is 0 Å². The zero-order valence-electron chi connectivity index (χ0n) is 11.6. The molecule has 3 atom stereocenters. The van der Waals surface area contributed by atoms with E-state index in [4.69, 9.17) is 4.74 Å². The van der Waals surface area contributed by atoms with Gasteiger partial charge in [0.1, 0.15) is 5.78 Å². The van der Waals surface area contributed by atoms with Gasteiger partial charge < -0.3 is 4.74 Å². The zero-order chi connectivity index (χ0) is 12.6. The summed E-state index contributed by atoms with van der Waals surface area (Å²) < 4.78 is 6.04. The third-order valence-electron chi connectivity index (χ3n) is 5.51. The van der Waals surface area contributed by atoms with Crippen molar-refractivity contribution in [3.8, 4) is 0 Å². The highest BCUT2D eigenvalue weighted by molar-refractivity contribution is 5.83. The molecule has 3 aliphatic rings. The predicted octanol–water partition coefficient (Wildman–Crippen LogP) is 3.73. The fraction of sp³-hybridized carbons (Fsp3) is 0.938. The highest BCUT2D eigenvalue weighted by atomic mass is 16.5. The lowest BCUT2D eigenvalue weighted by atomic mass is 9.78. The van der Waals surface area contributed by atoms with Crippen LogP contribution in [0.5, 0.6) is 0 Å². The Morgan fingerprint density at radius 2 is 1.89 bits per heavy atom. The van der Waals surface area contributed by atoms with Crippen molar-refractivity contribution >= 4 is 5.78 Å². The second-order valence-electron chi connectivity index (χ2n) is 6.95. The summed E-state index contributed by atoms with van der Waals surface area (Å²) in [5.74, 6) is 2.03. The maximum absolute atomic E-state index is 12.6. The van der Waals surface area contributed by atoms with Crippen molar-refractivity contribution in [2.75, 3.05) is 6.61 Å². The van der Waals surface area contributed by atoms with Gasteiger partial charge in [-0.05, 0) is 50.9 Å². The van der Waals surface area contributed by atoms with E-state index in [2.05, 4.69) is 6.92 Å². The molecule has 2 nitrogen and oxygen atoms in total. The summed E-state index contributed by atoms with van der Waals surface area (Å²) in [5.41, 5.74) is 0.1000. The van der Waals surface area contributed by atoms with E-state index in [1.54, 1.807) is 0 Å². The minimum absolute atomic E-state index is 0.1000. The average Bonchev–Trinajstić information content (AvgIpc) is 2.98. The van der Waals surface area contributed by atoms with Gasteiger partial charge in [-0.25, -0.2) is 0 Å². The Bertz CT molecular complexity index is 317. The Morgan fingerprint density at radius 1 is 1.11 bits per heavy atom. The maximum Gasteiger partial charge on any atom is 0.139 e. The molecule has 3 unspecified atom stereocenters. The lowest BCUT2D eigenvalue weighted by molar-refractivity contribution is -0.139. The Morgan fingerprint density at radius 3 is 2.56 bits per heavy atom. The highest BCUT2D eigenvalue weighted by Gasteiger charge is 2.43. The van der Waals surface area contributed by atoms with E-state index in [-0.39, 0.29) is 5.60 Å². The first kappa shape index (κ1) is 12.7. The minimum atomic E-state index is 0.1000. The van der Waals surface area contributed by atoms with Crippen LogP contribution in [0.1, 0.15) is 64.7 Å². The van der Waals surface area contributed by atoms with Gasteiger partial charge in [0.15, 0.2) is 0 Å². The predicted molar refractivity (Wildman–Crippen MR) is 71.4 cm³/mol. The summed E-state index contributed by atoms with van der Waals surface area (Å²) in [4.78, 5) is 12.6. The third kappa shape index (κ3) is 2.36. The fourth-order valence-corrected chi connectivity index (χ4v) is 4.44. The van der Waals surface area contributed by atoms with Gasteiger partial charge in [-0.15, -0.1) is 0 Å². The summed E-state index contributed by atoms with van der Waals surface area (Å²) in [5, 5.41) is 0. The van der Waals surface area contributed by atoms with E-state index >= 15 is 0 Å². The number of Topliss-reactive ketones (excluding diaryl/α,β-unsaturated/α-hetero) is 1. The van der Waals surface area contributed by atoms with E-state index < -0.39 is 0 Å². The normalized spacial score (nSPS) is 39.3. The quantitative estimate of drug-likeness (QED) is 0.746. The number of ketones is 1. The van der Waals surface area contributed by atoms with Crippen LogP contribution < -0.4 is 0 Å².